The number of carbonyl (C=O) groups is 1. The summed E-state index contributed by atoms with van der Waals surface area (Å²) < 4.78 is 0. The number of amides is 1. The van der Waals surface area contributed by atoms with Crippen molar-refractivity contribution in [3.63, 3.8) is 0 Å². The van der Waals surface area contributed by atoms with E-state index in [9.17, 15) is 4.79 Å². The second kappa shape index (κ2) is 5.21. The largest absolute Gasteiger partial charge is 0.385 e. The average molecular weight is 193 g/mol. The van der Waals surface area contributed by atoms with E-state index in [0.717, 1.165) is 12.2 Å². The fraction of sp³-hybridized carbons (Fsp3) is 0.400. The van der Waals surface area contributed by atoms with Gasteiger partial charge in [0.15, 0.2) is 0 Å². The van der Waals surface area contributed by atoms with Crippen LogP contribution in [-0.2, 0) is 0 Å². The van der Waals surface area contributed by atoms with Gasteiger partial charge in [-0.05, 0) is 26.0 Å². The zero-order valence-corrected chi connectivity index (χ0v) is 8.50. The van der Waals surface area contributed by atoms with Crippen molar-refractivity contribution in [2.24, 2.45) is 0 Å². The van der Waals surface area contributed by atoms with Gasteiger partial charge in [0.05, 0.1) is 0 Å². The zero-order chi connectivity index (χ0) is 10.4. The highest BCUT2D eigenvalue weighted by atomic mass is 16.1. The predicted molar refractivity (Wildman–Crippen MR) is 56.4 cm³/mol. The van der Waals surface area contributed by atoms with Crippen molar-refractivity contribution in [1.29, 1.82) is 0 Å². The van der Waals surface area contributed by atoms with Crippen molar-refractivity contribution in [2.45, 2.75) is 13.8 Å². The van der Waals surface area contributed by atoms with Gasteiger partial charge < -0.3 is 10.6 Å². The molecule has 1 amide bonds. The molecular formula is C10H15N3O. The highest BCUT2D eigenvalue weighted by Crippen LogP contribution is 2.07. The van der Waals surface area contributed by atoms with Gasteiger partial charge in [-0.2, -0.15) is 0 Å². The number of aromatic nitrogens is 1. The summed E-state index contributed by atoms with van der Waals surface area (Å²) in [7, 11) is 0. The first kappa shape index (κ1) is 10.5. The summed E-state index contributed by atoms with van der Waals surface area (Å²) in [4.78, 5) is 15.4. The van der Waals surface area contributed by atoms with Crippen molar-refractivity contribution < 1.29 is 4.79 Å². The van der Waals surface area contributed by atoms with Crippen LogP contribution in [0.3, 0.4) is 0 Å². The maximum atomic E-state index is 11.4. The Morgan fingerprint density at radius 2 is 2.21 bits per heavy atom. The van der Waals surface area contributed by atoms with E-state index in [-0.39, 0.29) is 5.91 Å². The van der Waals surface area contributed by atoms with Crippen LogP contribution in [0.5, 0.6) is 0 Å². The minimum Gasteiger partial charge on any atom is -0.385 e. The maximum Gasteiger partial charge on any atom is 0.269 e. The third kappa shape index (κ3) is 2.73. The Kier molecular flexibility index (Phi) is 3.91. The molecule has 0 aliphatic carbocycles. The molecule has 14 heavy (non-hydrogen) atoms. The fourth-order valence-electron chi connectivity index (χ4n) is 1.12. The highest BCUT2D eigenvalue weighted by Gasteiger charge is 2.05. The standard InChI is InChI=1S/C10H15N3O/c1-3-11-8-5-6-13-9(7-8)10(14)12-4-2/h5-7H,3-4H2,1-2H3,(H,11,13)(H,12,14). The number of hydrogen-bond donors (Lipinski definition) is 2. The minimum absolute atomic E-state index is 0.132. The van der Waals surface area contributed by atoms with E-state index in [1.807, 2.05) is 19.9 Å². The first-order valence-electron chi connectivity index (χ1n) is 4.76. The van der Waals surface area contributed by atoms with Crippen LogP contribution in [0, 0.1) is 0 Å². The molecule has 0 saturated heterocycles. The smallest absolute Gasteiger partial charge is 0.269 e. The molecule has 0 spiro atoms. The van der Waals surface area contributed by atoms with Gasteiger partial charge in [-0.1, -0.05) is 0 Å². The second-order valence-electron chi connectivity index (χ2n) is 2.82. The minimum atomic E-state index is -0.132. The van der Waals surface area contributed by atoms with Crippen LogP contribution in [0.4, 0.5) is 5.69 Å². The molecule has 1 heterocycles. The Morgan fingerprint density at radius 3 is 2.86 bits per heavy atom. The van der Waals surface area contributed by atoms with Crippen LogP contribution >= 0.6 is 0 Å². The molecule has 0 fully saturated rings. The molecular weight excluding hydrogens is 178 g/mol. The molecule has 1 aromatic rings. The summed E-state index contributed by atoms with van der Waals surface area (Å²) in [6.45, 7) is 5.34. The normalized spacial score (nSPS) is 9.57. The third-order valence-electron chi connectivity index (χ3n) is 1.71. The van der Waals surface area contributed by atoms with Gasteiger partial charge in [0.2, 0.25) is 0 Å². The number of nitrogens with zero attached hydrogens (tertiary/aromatic N) is 1. The lowest BCUT2D eigenvalue weighted by molar-refractivity contribution is 0.0951. The van der Waals surface area contributed by atoms with Crippen LogP contribution in [0.1, 0.15) is 24.3 Å². The van der Waals surface area contributed by atoms with Crippen molar-refractivity contribution >= 4 is 11.6 Å². The Morgan fingerprint density at radius 1 is 1.43 bits per heavy atom. The monoisotopic (exact) mass is 193 g/mol. The lowest BCUT2D eigenvalue weighted by Crippen LogP contribution is -2.23. The summed E-state index contributed by atoms with van der Waals surface area (Å²) in [5.41, 5.74) is 1.37. The number of rotatable bonds is 4. The van der Waals surface area contributed by atoms with Gasteiger partial charge in [0.1, 0.15) is 5.69 Å². The Hall–Kier alpha value is -1.58. The molecule has 0 radical (unpaired) electrons. The first-order chi connectivity index (χ1) is 6.77. The fourth-order valence-corrected chi connectivity index (χ4v) is 1.12. The van der Waals surface area contributed by atoms with Crippen molar-refractivity contribution in [3.8, 4) is 0 Å². The van der Waals surface area contributed by atoms with Gasteiger partial charge in [-0.3, -0.25) is 9.78 Å². The third-order valence-corrected chi connectivity index (χ3v) is 1.71. The summed E-state index contributed by atoms with van der Waals surface area (Å²) in [6.07, 6.45) is 1.63. The average Bonchev–Trinajstić information content (AvgIpc) is 2.19. The van der Waals surface area contributed by atoms with Crippen molar-refractivity contribution in [2.75, 3.05) is 18.4 Å². The van der Waals surface area contributed by atoms with Crippen LogP contribution in [0.15, 0.2) is 18.3 Å². The number of nitrogens with one attached hydrogen (secondary N) is 2. The van der Waals surface area contributed by atoms with Crippen molar-refractivity contribution in [1.82, 2.24) is 10.3 Å². The van der Waals surface area contributed by atoms with Gasteiger partial charge >= 0.3 is 0 Å². The van der Waals surface area contributed by atoms with Crippen LogP contribution in [0.25, 0.3) is 0 Å². The summed E-state index contributed by atoms with van der Waals surface area (Å²) >= 11 is 0. The van der Waals surface area contributed by atoms with Gasteiger partial charge in [-0.25, -0.2) is 0 Å². The number of hydrogen-bond acceptors (Lipinski definition) is 3. The molecule has 0 unspecified atom stereocenters. The maximum absolute atomic E-state index is 11.4. The highest BCUT2D eigenvalue weighted by molar-refractivity contribution is 5.93. The molecule has 1 rings (SSSR count). The summed E-state index contributed by atoms with van der Waals surface area (Å²) in [5.74, 6) is -0.132. The van der Waals surface area contributed by atoms with Crippen LogP contribution in [-0.4, -0.2) is 24.0 Å². The quantitative estimate of drug-likeness (QED) is 0.757. The van der Waals surface area contributed by atoms with E-state index in [0.29, 0.717) is 12.2 Å². The van der Waals surface area contributed by atoms with E-state index >= 15 is 0 Å². The van der Waals surface area contributed by atoms with E-state index in [1.165, 1.54) is 0 Å². The lowest BCUT2D eigenvalue weighted by atomic mass is 10.3. The molecule has 0 aliphatic rings. The summed E-state index contributed by atoms with van der Waals surface area (Å²) in [5, 5.41) is 5.83. The molecule has 0 saturated carbocycles. The van der Waals surface area contributed by atoms with Gasteiger partial charge in [0.25, 0.3) is 5.91 Å². The molecule has 1 aromatic heterocycles. The Labute approximate surface area is 83.7 Å². The molecule has 76 valence electrons. The van der Waals surface area contributed by atoms with Crippen LogP contribution in [0.2, 0.25) is 0 Å². The Balaban J connectivity index is 2.77. The van der Waals surface area contributed by atoms with Gasteiger partial charge in [0, 0.05) is 25.0 Å². The van der Waals surface area contributed by atoms with E-state index in [4.69, 9.17) is 0 Å². The molecule has 0 aliphatic heterocycles. The number of anilines is 1. The molecule has 0 aromatic carbocycles. The molecule has 0 atom stereocenters. The Bertz CT molecular complexity index is 312. The molecule has 4 nitrogen and oxygen atoms in total. The van der Waals surface area contributed by atoms with E-state index in [2.05, 4.69) is 15.6 Å². The van der Waals surface area contributed by atoms with Gasteiger partial charge in [-0.15, -0.1) is 0 Å². The van der Waals surface area contributed by atoms with E-state index in [1.54, 1.807) is 12.3 Å². The second-order valence-corrected chi connectivity index (χ2v) is 2.82. The summed E-state index contributed by atoms with van der Waals surface area (Å²) in [6, 6.07) is 3.58. The first-order valence-corrected chi connectivity index (χ1v) is 4.76. The topological polar surface area (TPSA) is 54.0 Å². The van der Waals surface area contributed by atoms with Crippen LogP contribution < -0.4 is 10.6 Å². The number of pyridine rings is 1. The van der Waals surface area contributed by atoms with Crippen molar-refractivity contribution in [3.05, 3.63) is 24.0 Å². The molecule has 4 heteroatoms. The predicted octanol–water partition coefficient (Wildman–Crippen LogP) is 1.26. The molecule has 0 bridgehead atoms. The van der Waals surface area contributed by atoms with E-state index < -0.39 is 0 Å². The SMILES string of the molecule is CCNC(=O)c1cc(NCC)ccn1. The number of carbonyl (C=O) groups excluding carboxylic acids is 1. The molecule has 2 N–H and O–H groups in total. The zero-order valence-electron chi connectivity index (χ0n) is 8.50. The lowest BCUT2D eigenvalue weighted by Gasteiger charge is -2.05.